The molecule has 1 aliphatic heterocycles. The highest BCUT2D eigenvalue weighted by Crippen LogP contribution is 2.38. The summed E-state index contributed by atoms with van der Waals surface area (Å²) in [6.07, 6.45) is 2.69. The normalized spacial score (nSPS) is 15.5. The van der Waals surface area contributed by atoms with Gasteiger partial charge in [0.2, 0.25) is 5.91 Å². The van der Waals surface area contributed by atoms with Crippen molar-refractivity contribution in [2.45, 2.75) is 33.2 Å². The van der Waals surface area contributed by atoms with Gasteiger partial charge >= 0.3 is 0 Å². The summed E-state index contributed by atoms with van der Waals surface area (Å²) in [7, 11) is 0. The Balaban J connectivity index is 1.63. The molecule has 1 aromatic heterocycles. The maximum absolute atomic E-state index is 12.6. The zero-order chi connectivity index (χ0) is 22.9. The molecule has 1 aliphatic rings. The van der Waals surface area contributed by atoms with Crippen LogP contribution in [0.3, 0.4) is 0 Å². The maximum atomic E-state index is 12.6. The van der Waals surface area contributed by atoms with Crippen LogP contribution in [-0.2, 0) is 4.79 Å². The SMILES string of the molecule is CC(=O)N1N=C(c2cccc(C)c2)CC1c1cn(-c2ccccc2)nc1-c1cccc(C)c1. The molecule has 3 aromatic carbocycles. The molecule has 0 fully saturated rings. The van der Waals surface area contributed by atoms with Crippen LogP contribution in [0.2, 0.25) is 0 Å². The first-order valence-electron chi connectivity index (χ1n) is 11.2. The lowest BCUT2D eigenvalue weighted by Gasteiger charge is -2.20. The number of benzene rings is 3. The molecule has 2 heterocycles. The summed E-state index contributed by atoms with van der Waals surface area (Å²) in [6, 6.07) is 26.4. The van der Waals surface area contributed by atoms with Gasteiger partial charge in [-0.25, -0.2) is 9.69 Å². The van der Waals surface area contributed by atoms with Crippen molar-refractivity contribution in [2.24, 2.45) is 5.10 Å². The van der Waals surface area contributed by atoms with Gasteiger partial charge in [0.15, 0.2) is 0 Å². The summed E-state index contributed by atoms with van der Waals surface area (Å²) in [5, 5.41) is 11.3. The Morgan fingerprint density at radius 2 is 1.55 bits per heavy atom. The van der Waals surface area contributed by atoms with E-state index >= 15 is 0 Å². The molecule has 4 aromatic rings. The van der Waals surface area contributed by atoms with Crippen LogP contribution in [0.15, 0.2) is 90.2 Å². The highest BCUT2D eigenvalue weighted by molar-refractivity contribution is 6.03. The first-order chi connectivity index (χ1) is 16.0. The molecule has 0 saturated heterocycles. The van der Waals surface area contributed by atoms with Crippen LogP contribution in [0.5, 0.6) is 0 Å². The van der Waals surface area contributed by atoms with E-state index in [0.29, 0.717) is 6.42 Å². The molecule has 164 valence electrons. The van der Waals surface area contributed by atoms with Gasteiger partial charge in [-0.15, -0.1) is 0 Å². The second-order valence-electron chi connectivity index (χ2n) is 8.58. The maximum Gasteiger partial charge on any atom is 0.240 e. The summed E-state index contributed by atoms with van der Waals surface area (Å²) < 4.78 is 1.90. The molecule has 33 heavy (non-hydrogen) atoms. The number of hydrazone groups is 1. The van der Waals surface area contributed by atoms with Crippen LogP contribution in [-0.4, -0.2) is 26.4 Å². The quantitative estimate of drug-likeness (QED) is 0.404. The predicted octanol–water partition coefficient (Wildman–Crippen LogP) is 5.85. The van der Waals surface area contributed by atoms with Crippen molar-refractivity contribution < 1.29 is 4.79 Å². The van der Waals surface area contributed by atoms with Crippen LogP contribution < -0.4 is 0 Å². The number of amides is 1. The fraction of sp³-hybridized carbons (Fsp3) is 0.179. The van der Waals surface area contributed by atoms with Gasteiger partial charge in [0.05, 0.1) is 23.1 Å². The van der Waals surface area contributed by atoms with E-state index in [1.165, 1.54) is 11.1 Å². The van der Waals surface area contributed by atoms with E-state index in [1.807, 2.05) is 53.3 Å². The second kappa shape index (κ2) is 8.51. The van der Waals surface area contributed by atoms with Crippen molar-refractivity contribution in [3.63, 3.8) is 0 Å². The first kappa shape index (κ1) is 20.9. The lowest BCUT2D eigenvalue weighted by molar-refractivity contribution is -0.130. The number of para-hydroxylation sites is 1. The van der Waals surface area contributed by atoms with Gasteiger partial charge in [-0.1, -0.05) is 71.8 Å². The van der Waals surface area contributed by atoms with Crippen molar-refractivity contribution in [3.8, 4) is 16.9 Å². The Morgan fingerprint density at radius 1 is 0.879 bits per heavy atom. The Bertz CT molecular complexity index is 1350. The number of carbonyl (C=O) groups excluding carboxylic acids is 1. The van der Waals surface area contributed by atoms with Gasteiger partial charge in [-0.05, 0) is 37.6 Å². The summed E-state index contributed by atoms with van der Waals surface area (Å²) in [6.45, 7) is 5.72. The van der Waals surface area contributed by atoms with Crippen molar-refractivity contribution in [1.29, 1.82) is 0 Å². The van der Waals surface area contributed by atoms with Crippen molar-refractivity contribution in [3.05, 3.63) is 107 Å². The summed E-state index contributed by atoms with van der Waals surface area (Å²) >= 11 is 0. The summed E-state index contributed by atoms with van der Waals surface area (Å²) in [4.78, 5) is 12.6. The minimum Gasteiger partial charge on any atom is -0.273 e. The molecular weight excluding hydrogens is 408 g/mol. The van der Waals surface area contributed by atoms with Gasteiger partial charge in [-0.2, -0.15) is 10.2 Å². The number of carbonyl (C=O) groups is 1. The molecule has 5 rings (SSSR count). The molecule has 0 N–H and O–H groups in total. The molecule has 0 bridgehead atoms. The molecule has 0 radical (unpaired) electrons. The highest BCUT2D eigenvalue weighted by Gasteiger charge is 2.34. The number of rotatable bonds is 4. The van der Waals surface area contributed by atoms with Gasteiger partial charge < -0.3 is 0 Å². The van der Waals surface area contributed by atoms with E-state index in [9.17, 15) is 4.79 Å². The van der Waals surface area contributed by atoms with Crippen LogP contribution in [0.4, 0.5) is 0 Å². The number of aryl methyl sites for hydroxylation is 2. The highest BCUT2D eigenvalue weighted by atomic mass is 16.2. The zero-order valence-corrected chi connectivity index (χ0v) is 19.1. The Kier molecular flexibility index (Phi) is 5.38. The van der Waals surface area contributed by atoms with E-state index in [4.69, 9.17) is 10.2 Å². The van der Waals surface area contributed by atoms with Gasteiger partial charge in [0.25, 0.3) is 0 Å². The topological polar surface area (TPSA) is 50.5 Å². The number of aromatic nitrogens is 2. The molecule has 5 nitrogen and oxygen atoms in total. The van der Waals surface area contributed by atoms with Crippen LogP contribution >= 0.6 is 0 Å². The molecule has 0 saturated carbocycles. The smallest absolute Gasteiger partial charge is 0.240 e. The first-order valence-corrected chi connectivity index (χ1v) is 11.2. The Morgan fingerprint density at radius 3 is 2.21 bits per heavy atom. The standard InChI is InChI=1S/C28H26N4O/c1-19-9-7-11-22(15-19)26-17-27(32(29-26)21(3)33)25-18-31(24-13-5-4-6-14-24)30-28(25)23-12-8-10-20(2)16-23/h4-16,18,27H,17H2,1-3H3. The Hall–Kier alpha value is -3.99. The molecular formula is C28H26N4O. The minimum absolute atomic E-state index is 0.0784. The largest absolute Gasteiger partial charge is 0.273 e. The van der Waals surface area contributed by atoms with E-state index in [-0.39, 0.29) is 11.9 Å². The fourth-order valence-corrected chi connectivity index (χ4v) is 4.40. The number of hydrogen-bond donors (Lipinski definition) is 0. The van der Waals surface area contributed by atoms with Crippen molar-refractivity contribution in [1.82, 2.24) is 14.8 Å². The van der Waals surface area contributed by atoms with Gasteiger partial charge in [-0.3, -0.25) is 4.79 Å². The van der Waals surface area contributed by atoms with Crippen molar-refractivity contribution in [2.75, 3.05) is 0 Å². The third kappa shape index (κ3) is 4.10. The Labute approximate surface area is 194 Å². The van der Waals surface area contributed by atoms with E-state index < -0.39 is 0 Å². The molecule has 1 unspecified atom stereocenters. The van der Waals surface area contributed by atoms with E-state index in [2.05, 4.69) is 50.2 Å². The summed E-state index contributed by atoms with van der Waals surface area (Å²) in [5.41, 5.74) is 8.19. The average molecular weight is 435 g/mol. The molecule has 0 spiro atoms. The lowest BCUT2D eigenvalue weighted by Crippen LogP contribution is -2.24. The van der Waals surface area contributed by atoms with E-state index in [1.54, 1.807) is 11.9 Å². The molecule has 0 aliphatic carbocycles. The molecule has 1 atom stereocenters. The van der Waals surface area contributed by atoms with Crippen LogP contribution in [0.25, 0.3) is 16.9 Å². The predicted molar refractivity (Wildman–Crippen MR) is 131 cm³/mol. The zero-order valence-electron chi connectivity index (χ0n) is 19.1. The van der Waals surface area contributed by atoms with Gasteiger partial charge in [0.1, 0.15) is 0 Å². The van der Waals surface area contributed by atoms with Crippen molar-refractivity contribution >= 4 is 11.6 Å². The molecule has 1 amide bonds. The van der Waals surface area contributed by atoms with Gasteiger partial charge in [0, 0.05) is 30.7 Å². The lowest BCUT2D eigenvalue weighted by atomic mass is 9.95. The van der Waals surface area contributed by atoms with Crippen LogP contribution in [0, 0.1) is 13.8 Å². The monoisotopic (exact) mass is 434 g/mol. The molecule has 5 heteroatoms. The summed E-state index contributed by atoms with van der Waals surface area (Å²) in [5.74, 6) is -0.0784. The fourth-order valence-electron chi connectivity index (χ4n) is 4.40. The second-order valence-corrected chi connectivity index (χ2v) is 8.58. The third-order valence-corrected chi connectivity index (χ3v) is 6.00. The third-order valence-electron chi connectivity index (χ3n) is 6.00. The minimum atomic E-state index is -0.217. The average Bonchev–Trinajstić information content (AvgIpc) is 3.45. The van der Waals surface area contributed by atoms with E-state index in [0.717, 1.165) is 33.8 Å². The number of nitrogens with zero attached hydrogens (tertiary/aromatic N) is 4. The number of hydrogen-bond acceptors (Lipinski definition) is 3. The van der Waals surface area contributed by atoms with Crippen LogP contribution in [0.1, 0.15) is 41.6 Å².